The van der Waals surface area contributed by atoms with Crippen LogP contribution in [0.25, 0.3) is 0 Å². The Hall–Kier alpha value is -1.06. The van der Waals surface area contributed by atoms with Crippen LogP contribution in [-0.2, 0) is 11.3 Å². The number of carbonyl (C=O) groups excluding carboxylic acids is 1. The number of hydrogen-bond acceptors (Lipinski definition) is 2. The second-order valence-corrected chi connectivity index (χ2v) is 5.71. The molecule has 1 aromatic rings. The van der Waals surface area contributed by atoms with E-state index in [0.29, 0.717) is 18.9 Å². The monoisotopic (exact) mass is 280 g/mol. The SMILES string of the molecule is CN(Cc1ccc(Cl)cc1)C(=O)CCC1CCNC1. The molecule has 0 saturated carbocycles. The van der Waals surface area contributed by atoms with Gasteiger partial charge in [-0.15, -0.1) is 0 Å². The van der Waals surface area contributed by atoms with Crippen LogP contribution < -0.4 is 5.32 Å². The van der Waals surface area contributed by atoms with Crippen molar-refractivity contribution in [3.05, 3.63) is 34.9 Å². The molecule has 0 bridgehead atoms. The summed E-state index contributed by atoms with van der Waals surface area (Å²) in [6.45, 7) is 2.81. The van der Waals surface area contributed by atoms with Gasteiger partial charge in [0.25, 0.3) is 0 Å². The molecule has 0 spiro atoms. The lowest BCUT2D eigenvalue weighted by Gasteiger charge is -2.18. The lowest BCUT2D eigenvalue weighted by Crippen LogP contribution is -2.26. The van der Waals surface area contributed by atoms with Gasteiger partial charge in [-0.1, -0.05) is 23.7 Å². The maximum atomic E-state index is 12.1. The van der Waals surface area contributed by atoms with Gasteiger partial charge in [-0.3, -0.25) is 4.79 Å². The number of nitrogens with one attached hydrogen (secondary N) is 1. The van der Waals surface area contributed by atoms with Gasteiger partial charge in [0.15, 0.2) is 0 Å². The number of hydrogen-bond donors (Lipinski definition) is 1. The van der Waals surface area contributed by atoms with Crippen molar-refractivity contribution < 1.29 is 4.79 Å². The molecule has 104 valence electrons. The van der Waals surface area contributed by atoms with Crippen molar-refractivity contribution in [3.63, 3.8) is 0 Å². The van der Waals surface area contributed by atoms with Crippen molar-refractivity contribution in [3.8, 4) is 0 Å². The summed E-state index contributed by atoms with van der Waals surface area (Å²) < 4.78 is 0. The van der Waals surface area contributed by atoms with Gasteiger partial charge in [0.1, 0.15) is 0 Å². The largest absolute Gasteiger partial charge is 0.341 e. The molecule has 2 rings (SSSR count). The van der Waals surface area contributed by atoms with Gasteiger partial charge in [-0.25, -0.2) is 0 Å². The van der Waals surface area contributed by atoms with Crippen molar-refractivity contribution in [1.29, 1.82) is 0 Å². The molecular weight excluding hydrogens is 260 g/mol. The first-order chi connectivity index (χ1) is 9.15. The van der Waals surface area contributed by atoms with E-state index in [0.717, 1.165) is 30.1 Å². The van der Waals surface area contributed by atoms with Gasteiger partial charge in [-0.05, 0) is 49.5 Å². The normalized spacial score (nSPS) is 18.5. The Morgan fingerprint density at radius 1 is 1.42 bits per heavy atom. The van der Waals surface area contributed by atoms with Crippen LogP contribution in [0.1, 0.15) is 24.8 Å². The number of rotatable bonds is 5. The van der Waals surface area contributed by atoms with Crippen LogP contribution in [0.15, 0.2) is 24.3 Å². The van der Waals surface area contributed by atoms with Crippen molar-refractivity contribution in [1.82, 2.24) is 10.2 Å². The molecule has 1 saturated heterocycles. The standard InChI is InChI=1S/C15H21ClN2O/c1-18(11-13-2-5-14(16)6-3-13)15(19)7-4-12-8-9-17-10-12/h2-3,5-6,12,17H,4,7-11H2,1H3. The van der Waals surface area contributed by atoms with E-state index in [1.807, 2.05) is 31.3 Å². The zero-order valence-electron chi connectivity index (χ0n) is 11.4. The van der Waals surface area contributed by atoms with Crippen molar-refractivity contribution >= 4 is 17.5 Å². The van der Waals surface area contributed by atoms with Crippen molar-refractivity contribution in [2.75, 3.05) is 20.1 Å². The molecule has 3 nitrogen and oxygen atoms in total. The number of halogens is 1. The van der Waals surface area contributed by atoms with E-state index in [9.17, 15) is 4.79 Å². The summed E-state index contributed by atoms with van der Waals surface area (Å²) in [5.74, 6) is 0.898. The lowest BCUT2D eigenvalue weighted by atomic mass is 10.0. The topological polar surface area (TPSA) is 32.3 Å². The molecule has 1 heterocycles. The summed E-state index contributed by atoms with van der Waals surface area (Å²) in [6, 6.07) is 7.65. The molecule has 1 fully saturated rings. The predicted molar refractivity (Wildman–Crippen MR) is 78.1 cm³/mol. The highest BCUT2D eigenvalue weighted by atomic mass is 35.5. The summed E-state index contributed by atoms with van der Waals surface area (Å²) in [5.41, 5.74) is 1.11. The smallest absolute Gasteiger partial charge is 0.222 e. The third-order valence-electron chi connectivity index (χ3n) is 3.69. The third kappa shape index (κ3) is 4.51. The molecule has 1 atom stereocenters. The van der Waals surface area contributed by atoms with E-state index >= 15 is 0 Å². The Morgan fingerprint density at radius 2 is 2.16 bits per heavy atom. The highest BCUT2D eigenvalue weighted by Gasteiger charge is 2.17. The third-order valence-corrected chi connectivity index (χ3v) is 3.94. The average molecular weight is 281 g/mol. The summed E-state index contributed by atoms with van der Waals surface area (Å²) in [7, 11) is 1.86. The maximum Gasteiger partial charge on any atom is 0.222 e. The molecule has 4 heteroatoms. The minimum atomic E-state index is 0.224. The Bertz CT molecular complexity index is 413. The minimum absolute atomic E-state index is 0.224. The predicted octanol–water partition coefficient (Wildman–Crippen LogP) is 2.69. The fourth-order valence-electron chi connectivity index (χ4n) is 2.43. The lowest BCUT2D eigenvalue weighted by molar-refractivity contribution is -0.130. The highest BCUT2D eigenvalue weighted by molar-refractivity contribution is 6.30. The van der Waals surface area contributed by atoms with Crippen molar-refractivity contribution in [2.24, 2.45) is 5.92 Å². The van der Waals surface area contributed by atoms with Crippen LogP contribution in [-0.4, -0.2) is 30.9 Å². The number of amides is 1. The average Bonchev–Trinajstić information content (AvgIpc) is 2.91. The fraction of sp³-hybridized carbons (Fsp3) is 0.533. The number of nitrogens with zero attached hydrogens (tertiary/aromatic N) is 1. The van der Waals surface area contributed by atoms with Crippen LogP contribution in [0.4, 0.5) is 0 Å². The van der Waals surface area contributed by atoms with E-state index in [2.05, 4.69) is 5.32 Å². The van der Waals surface area contributed by atoms with Crippen LogP contribution in [0.2, 0.25) is 5.02 Å². The van der Waals surface area contributed by atoms with Gasteiger partial charge in [0, 0.05) is 25.0 Å². The van der Waals surface area contributed by atoms with E-state index < -0.39 is 0 Å². The van der Waals surface area contributed by atoms with Gasteiger partial charge in [0.2, 0.25) is 5.91 Å². The van der Waals surface area contributed by atoms with E-state index in [1.54, 1.807) is 4.90 Å². The summed E-state index contributed by atoms with van der Waals surface area (Å²) in [4.78, 5) is 13.8. The molecule has 1 aromatic carbocycles. The van der Waals surface area contributed by atoms with Crippen LogP contribution in [0.5, 0.6) is 0 Å². The zero-order chi connectivity index (χ0) is 13.7. The Kier molecular flexibility index (Phi) is 5.23. The number of carbonyl (C=O) groups is 1. The van der Waals surface area contributed by atoms with Crippen LogP contribution in [0, 0.1) is 5.92 Å². The van der Waals surface area contributed by atoms with Gasteiger partial charge >= 0.3 is 0 Å². The van der Waals surface area contributed by atoms with Gasteiger partial charge in [-0.2, -0.15) is 0 Å². The zero-order valence-corrected chi connectivity index (χ0v) is 12.1. The second-order valence-electron chi connectivity index (χ2n) is 5.27. The molecule has 0 aromatic heterocycles. The van der Waals surface area contributed by atoms with Gasteiger partial charge in [0.05, 0.1) is 0 Å². The molecule has 1 amide bonds. The molecule has 1 aliphatic rings. The first-order valence-corrected chi connectivity index (χ1v) is 7.22. The Morgan fingerprint density at radius 3 is 2.79 bits per heavy atom. The Labute approximate surface area is 119 Å². The quantitative estimate of drug-likeness (QED) is 0.899. The molecule has 0 radical (unpaired) electrons. The van der Waals surface area contributed by atoms with E-state index in [1.165, 1.54) is 6.42 Å². The summed E-state index contributed by atoms with van der Waals surface area (Å²) >= 11 is 5.85. The molecule has 1 N–H and O–H groups in total. The molecule has 0 aliphatic carbocycles. The number of benzene rings is 1. The first-order valence-electron chi connectivity index (χ1n) is 6.84. The van der Waals surface area contributed by atoms with Crippen LogP contribution in [0.3, 0.4) is 0 Å². The first kappa shape index (κ1) is 14.4. The van der Waals surface area contributed by atoms with Crippen molar-refractivity contribution in [2.45, 2.75) is 25.8 Å². The molecule has 19 heavy (non-hydrogen) atoms. The fourth-order valence-corrected chi connectivity index (χ4v) is 2.56. The van der Waals surface area contributed by atoms with Gasteiger partial charge < -0.3 is 10.2 Å². The molecular formula is C15H21ClN2O. The van der Waals surface area contributed by atoms with E-state index in [-0.39, 0.29) is 5.91 Å². The highest BCUT2D eigenvalue weighted by Crippen LogP contribution is 2.16. The minimum Gasteiger partial charge on any atom is -0.341 e. The summed E-state index contributed by atoms with van der Waals surface area (Å²) in [5, 5.41) is 4.06. The second kappa shape index (κ2) is 6.92. The van der Waals surface area contributed by atoms with E-state index in [4.69, 9.17) is 11.6 Å². The molecule has 1 aliphatic heterocycles. The maximum absolute atomic E-state index is 12.1. The summed E-state index contributed by atoms with van der Waals surface area (Å²) in [6.07, 6.45) is 2.85. The van der Waals surface area contributed by atoms with Crippen LogP contribution >= 0.6 is 11.6 Å². The Balaban J connectivity index is 1.76. The molecule has 1 unspecified atom stereocenters.